The summed E-state index contributed by atoms with van der Waals surface area (Å²) in [6.07, 6.45) is 0. The van der Waals surface area contributed by atoms with Crippen LogP contribution in [0.25, 0.3) is 0 Å². The van der Waals surface area contributed by atoms with E-state index < -0.39 is 21.5 Å². The minimum absolute atomic E-state index is 0. The molecule has 0 aromatic carbocycles. The van der Waals surface area contributed by atoms with Crippen molar-refractivity contribution in [2.45, 2.75) is 17.1 Å². The average Bonchev–Trinajstić information content (AvgIpc) is 1.14. The number of halogens is 1. The van der Waals surface area contributed by atoms with Crippen molar-refractivity contribution < 1.29 is 13.0 Å². The third-order valence-electron chi connectivity index (χ3n) is 0.443. The van der Waals surface area contributed by atoms with Crippen molar-refractivity contribution in [3.8, 4) is 0 Å². The third-order valence-corrected chi connectivity index (χ3v) is 6.91. The van der Waals surface area contributed by atoms with Crippen LogP contribution in [0.5, 0.6) is 0 Å². The van der Waals surface area contributed by atoms with Gasteiger partial charge in [0.05, 0.1) is 0 Å². The van der Waals surface area contributed by atoms with Gasteiger partial charge in [-0.25, -0.2) is 0 Å². The molecule has 1 N–H and O–H groups in total. The average molecular weight is 344 g/mol. The Hall–Kier alpha value is 1.44. The van der Waals surface area contributed by atoms with Crippen LogP contribution in [0.3, 0.4) is 0 Å². The van der Waals surface area contributed by atoms with E-state index in [2.05, 4.69) is 0 Å². The maximum absolute atomic E-state index is 10.6. The Labute approximate surface area is 81.9 Å². The van der Waals surface area contributed by atoms with E-state index in [1.165, 1.54) is 6.66 Å². The zero-order chi connectivity index (χ0) is 7.71. The molecule has 0 saturated heterocycles. The summed E-state index contributed by atoms with van der Waals surface area (Å²) in [6, 6.07) is 0. The Balaban J connectivity index is 0. The van der Waals surface area contributed by atoms with Crippen molar-refractivity contribution in [3.05, 3.63) is 0 Å². The molecule has 3 nitrogen and oxygen atoms in total. The van der Waals surface area contributed by atoms with Gasteiger partial charge in [0, 0.05) is 0 Å². The van der Waals surface area contributed by atoms with Crippen molar-refractivity contribution in [2.75, 3.05) is 6.66 Å². The SMILES string of the molecule is CP(=O)(O)O[AsH](C)(C)C.I. The molecule has 0 rings (SSSR count). The fourth-order valence-electron chi connectivity index (χ4n) is 0.508. The van der Waals surface area contributed by atoms with Crippen LogP contribution in [-0.4, -0.2) is 25.5 Å². The van der Waals surface area contributed by atoms with Crippen molar-refractivity contribution in [1.82, 2.24) is 0 Å². The summed E-state index contributed by atoms with van der Waals surface area (Å²) in [6.45, 7) is 1.23. The van der Waals surface area contributed by atoms with Gasteiger partial charge < -0.3 is 0 Å². The second kappa shape index (κ2) is 4.46. The largest absolute Gasteiger partial charge is 0.107 e. The van der Waals surface area contributed by atoms with E-state index in [9.17, 15) is 4.57 Å². The van der Waals surface area contributed by atoms with Crippen molar-refractivity contribution in [2.24, 2.45) is 0 Å². The standard InChI is InChI=1S/C4H14AsO3P.HI/c1-5(2,3)8-9(4,6)7;/h5H,1-4H3,(H,6,7);1H. The van der Waals surface area contributed by atoms with Gasteiger partial charge in [-0.1, -0.05) is 0 Å². The van der Waals surface area contributed by atoms with Crippen LogP contribution in [0, 0.1) is 0 Å². The first kappa shape index (κ1) is 14.0. The summed E-state index contributed by atoms with van der Waals surface area (Å²) in [5.41, 5.74) is 5.77. The molecule has 0 aromatic rings. The van der Waals surface area contributed by atoms with Gasteiger partial charge in [-0.05, 0) is 0 Å². The van der Waals surface area contributed by atoms with E-state index in [4.69, 9.17) is 8.41 Å². The predicted octanol–water partition coefficient (Wildman–Crippen LogP) is 2.00. The van der Waals surface area contributed by atoms with Gasteiger partial charge in [-0.3, -0.25) is 0 Å². The fraction of sp³-hybridized carbons (Fsp3) is 1.00. The predicted molar refractivity (Wildman–Crippen MR) is 57.0 cm³/mol. The second-order valence-corrected chi connectivity index (χ2v) is 14.8. The van der Waals surface area contributed by atoms with E-state index in [0.29, 0.717) is 0 Å². The topological polar surface area (TPSA) is 46.5 Å². The molecule has 0 radical (unpaired) electrons. The van der Waals surface area contributed by atoms with E-state index in [0.717, 1.165) is 0 Å². The molecule has 0 bridgehead atoms. The molecule has 0 aliphatic rings. The quantitative estimate of drug-likeness (QED) is 0.474. The summed E-state index contributed by atoms with van der Waals surface area (Å²) in [5, 5.41) is 0. The molecule has 0 aliphatic heterocycles. The zero-order valence-electron chi connectivity index (χ0n) is 6.62. The Kier molecular flexibility index (Phi) is 6.24. The molecule has 1 unspecified atom stereocenters. The van der Waals surface area contributed by atoms with Gasteiger partial charge in [0.25, 0.3) is 0 Å². The van der Waals surface area contributed by atoms with Crippen LogP contribution in [0.1, 0.15) is 0 Å². The molecule has 0 aromatic heterocycles. The van der Waals surface area contributed by atoms with Crippen LogP contribution in [0.4, 0.5) is 0 Å². The first-order valence-corrected chi connectivity index (χ1v) is 11.9. The van der Waals surface area contributed by atoms with Crippen molar-refractivity contribution in [1.29, 1.82) is 0 Å². The van der Waals surface area contributed by atoms with Crippen LogP contribution >= 0.6 is 31.6 Å². The third kappa shape index (κ3) is 12.1. The van der Waals surface area contributed by atoms with Crippen molar-refractivity contribution >= 4 is 45.5 Å². The molecular weight excluding hydrogens is 329 g/mol. The molecule has 0 fully saturated rings. The Morgan fingerprint density at radius 2 is 1.70 bits per heavy atom. The minimum atomic E-state index is -3.20. The van der Waals surface area contributed by atoms with Gasteiger partial charge in [-0.15, -0.1) is 24.0 Å². The summed E-state index contributed by atoms with van der Waals surface area (Å²) < 4.78 is 15.5. The molecule has 66 valence electrons. The molecule has 0 spiro atoms. The van der Waals surface area contributed by atoms with E-state index in [1.54, 1.807) is 0 Å². The number of hydrogen-bond donors (Lipinski definition) is 1. The van der Waals surface area contributed by atoms with Crippen molar-refractivity contribution in [3.63, 3.8) is 0 Å². The number of hydrogen-bond acceptors (Lipinski definition) is 2. The molecule has 10 heavy (non-hydrogen) atoms. The maximum atomic E-state index is 10.6. The summed E-state index contributed by atoms with van der Waals surface area (Å²) in [7, 11) is -3.20. The van der Waals surface area contributed by atoms with Crippen LogP contribution in [0.15, 0.2) is 0 Å². The normalized spacial score (nSPS) is 18.9. The van der Waals surface area contributed by atoms with Crippen LogP contribution in [-0.2, 0) is 8.08 Å². The summed E-state index contributed by atoms with van der Waals surface area (Å²) in [5.74, 6) is 0. The van der Waals surface area contributed by atoms with E-state index in [1.807, 2.05) is 17.1 Å². The summed E-state index contributed by atoms with van der Waals surface area (Å²) >= 11 is -2.25. The first-order chi connectivity index (χ1) is 3.71. The van der Waals surface area contributed by atoms with Gasteiger partial charge in [0.1, 0.15) is 0 Å². The molecular formula is C4H15AsIO3P. The maximum Gasteiger partial charge on any atom is -0.107 e. The monoisotopic (exact) mass is 344 g/mol. The van der Waals surface area contributed by atoms with Crippen LogP contribution < -0.4 is 0 Å². The Bertz CT molecular complexity index is 138. The molecule has 0 saturated carbocycles. The van der Waals surface area contributed by atoms with E-state index in [-0.39, 0.29) is 24.0 Å². The van der Waals surface area contributed by atoms with E-state index >= 15 is 0 Å². The minimum Gasteiger partial charge on any atom is -0.107 e. The Morgan fingerprint density at radius 1 is 1.40 bits per heavy atom. The zero-order valence-corrected chi connectivity index (χ0v) is 11.9. The molecule has 0 amide bonds. The van der Waals surface area contributed by atoms with Gasteiger partial charge in [0.2, 0.25) is 0 Å². The Morgan fingerprint density at radius 3 is 1.70 bits per heavy atom. The second-order valence-electron chi connectivity index (χ2n) is 3.01. The molecule has 0 aliphatic carbocycles. The van der Waals surface area contributed by atoms with Crippen LogP contribution in [0.2, 0.25) is 17.1 Å². The molecule has 6 heteroatoms. The molecule has 0 heterocycles. The van der Waals surface area contributed by atoms with Gasteiger partial charge >= 0.3 is 58.3 Å². The molecule has 1 atom stereocenters. The fourth-order valence-corrected chi connectivity index (χ4v) is 7.92. The van der Waals surface area contributed by atoms with Gasteiger partial charge in [0.15, 0.2) is 0 Å². The van der Waals surface area contributed by atoms with Gasteiger partial charge in [-0.2, -0.15) is 0 Å². The smallest absolute Gasteiger partial charge is 0.107 e. The number of rotatable bonds is 2. The summed E-state index contributed by atoms with van der Waals surface area (Å²) in [4.78, 5) is 8.73. The first-order valence-electron chi connectivity index (χ1n) is 2.72.